The first-order chi connectivity index (χ1) is 18.0. The van der Waals surface area contributed by atoms with Crippen LogP contribution in [0, 0.1) is 35.0 Å². The van der Waals surface area contributed by atoms with E-state index in [1.165, 1.54) is 18.4 Å². The summed E-state index contributed by atoms with van der Waals surface area (Å²) in [4.78, 5) is 10.8. The Balaban J connectivity index is 1.69. The third kappa shape index (κ3) is 6.80. The lowest BCUT2D eigenvalue weighted by molar-refractivity contribution is -0.141. The van der Waals surface area contributed by atoms with Crippen molar-refractivity contribution in [1.29, 1.82) is 0 Å². The summed E-state index contributed by atoms with van der Waals surface area (Å²) in [7, 11) is 0. The topological polar surface area (TPSA) is 107 Å². The summed E-state index contributed by atoms with van der Waals surface area (Å²) in [6.45, 7) is 12.7. The number of carboxylic acids is 1. The van der Waals surface area contributed by atoms with Crippen molar-refractivity contribution in [2.45, 2.75) is 116 Å². The number of hydrogen-bond donors (Lipinski definition) is 4. The summed E-state index contributed by atoms with van der Waals surface area (Å²) in [5.74, 6) is 7.03. The normalized spacial score (nSPS) is 34.6. The van der Waals surface area contributed by atoms with Crippen molar-refractivity contribution in [1.82, 2.24) is 0 Å². The number of ether oxygens (including phenoxy) is 1. The molecular formula is C32H48O6. The van der Waals surface area contributed by atoms with Crippen LogP contribution in [0.2, 0.25) is 0 Å². The zero-order chi connectivity index (χ0) is 28.1. The molecule has 0 aromatic heterocycles. The van der Waals surface area contributed by atoms with Crippen LogP contribution in [0.3, 0.4) is 0 Å². The van der Waals surface area contributed by atoms with E-state index in [1.807, 2.05) is 19.9 Å². The van der Waals surface area contributed by atoms with Gasteiger partial charge < -0.3 is 25.2 Å². The molecule has 0 amide bonds. The van der Waals surface area contributed by atoms with Gasteiger partial charge in [-0.25, -0.2) is 0 Å². The first-order valence-corrected chi connectivity index (χ1v) is 14.5. The number of rotatable bonds is 9. The Bertz CT molecular complexity index is 980. The van der Waals surface area contributed by atoms with Gasteiger partial charge in [0, 0.05) is 12.8 Å². The number of allylic oxidation sites excluding steroid dienone is 3. The molecule has 0 bridgehead atoms. The molecule has 6 nitrogen and oxygen atoms in total. The largest absolute Gasteiger partial charge is 0.481 e. The van der Waals surface area contributed by atoms with Crippen LogP contribution in [-0.2, 0) is 9.53 Å². The Kier molecular flexibility index (Phi) is 10.4. The lowest BCUT2D eigenvalue weighted by atomic mass is 9.61. The number of aliphatic hydroxyl groups excluding tert-OH is 2. The highest BCUT2D eigenvalue weighted by Crippen LogP contribution is 2.59. The molecule has 3 saturated carbocycles. The zero-order valence-electron chi connectivity index (χ0n) is 23.7. The molecule has 0 unspecified atom stereocenters. The van der Waals surface area contributed by atoms with Crippen LogP contribution in [0.5, 0.6) is 0 Å². The number of hydrogen-bond acceptors (Lipinski definition) is 5. The molecule has 0 spiro atoms. The van der Waals surface area contributed by atoms with Gasteiger partial charge in [0.25, 0.3) is 0 Å². The second-order valence-electron chi connectivity index (χ2n) is 12.0. The van der Waals surface area contributed by atoms with Crippen molar-refractivity contribution in [3.63, 3.8) is 0 Å². The van der Waals surface area contributed by atoms with Gasteiger partial charge in [0.1, 0.15) is 17.8 Å². The molecule has 3 rings (SSSR count). The Morgan fingerprint density at radius 2 is 1.97 bits per heavy atom. The maximum absolute atomic E-state index is 10.8. The Labute approximate surface area is 228 Å². The van der Waals surface area contributed by atoms with Crippen molar-refractivity contribution in [2.75, 3.05) is 6.61 Å². The van der Waals surface area contributed by atoms with E-state index in [9.17, 15) is 20.1 Å². The van der Waals surface area contributed by atoms with Crippen LogP contribution >= 0.6 is 0 Å². The van der Waals surface area contributed by atoms with E-state index in [4.69, 9.17) is 9.84 Å². The van der Waals surface area contributed by atoms with Gasteiger partial charge >= 0.3 is 5.97 Å². The van der Waals surface area contributed by atoms with Crippen LogP contribution < -0.4 is 0 Å². The van der Waals surface area contributed by atoms with Crippen LogP contribution in [0.25, 0.3) is 0 Å². The highest BCUT2D eigenvalue weighted by molar-refractivity contribution is 5.66. The van der Waals surface area contributed by atoms with Gasteiger partial charge in [-0.2, -0.15) is 0 Å². The van der Waals surface area contributed by atoms with Crippen LogP contribution in [0.1, 0.15) is 91.9 Å². The van der Waals surface area contributed by atoms with Gasteiger partial charge in [-0.1, -0.05) is 63.8 Å². The molecule has 0 aromatic rings. The SMILES string of the molecule is C=C1/C(=C\C=C2/CCC[C@]3(C)[C@@H]([C@H](C)CC#CC(O)(CC)CC)CC[C@@H]23)C[C@@H](O)[C@H](OCCC(=O)O)[C@@H]1O. The van der Waals surface area contributed by atoms with E-state index < -0.39 is 29.9 Å². The maximum atomic E-state index is 10.8. The van der Waals surface area contributed by atoms with Crippen molar-refractivity contribution in [3.05, 3.63) is 35.5 Å². The summed E-state index contributed by atoms with van der Waals surface area (Å²) in [5, 5.41) is 40.7. The van der Waals surface area contributed by atoms with Crippen molar-refractivity contribution < 1.29 is 30.0 Å². The molecule has 3 fully saturated rings. The van der Waals surface area contributed by atoms with E-state index in [-0.39, 0.29) is 18.4 Å². The predicted octanol–water partition coefficient (Wildman–Crippen LogP) is 5.18. The molecule has 4 N–H and O–H groups in total. The quantitative estimate of drug-likeness (QED) is 0.307. The fraction of sp³-hybridized carbons (Fsp3) is 0.719. The summed E-state index contributed by atoms with van der Waals surface area (Å²) < 4.78 is 5.49. The van der Waals surface area contributed by atoms with Gasteiger partial charge in [-0.15, -0.1) is 0 Å². The summed E-state index contributed by atoms with van der Waals surface area (Å²) in [5.41, 5.74) is 2.14. The molecule has 0 saturated heterocycles. The standard InChI is InChI=1S/C32H48O6/c1-6-32(37,7-2)18-8-10-21(3)25-14-15-26-23(11-9-17-31(25,26)5)12-13-24-20-27(33)30(29(36)22(24)4)38-19-16-28(34)35/h12-13,21,25-27,29-30,33,36-37H,4,6-7,9-11,14-17,19-20H2,1-3,5H3,(H,34,35)/b23-12+,24-13-/t21-,25-,26+,27-,29-,30+,31-/m1/s1. The molecule has 0 aromatic carbocycles. The second kappa shape index (κ2) is 13.0. The third-order valence-electron chi connectivity index (χ3n) is 9.65. The van der Waals surface area contributed by atoms with Gasteiger partial charge in [-0.05, 0) is 79.3 Å². The zero-order valence-corrected chi connectivity index (χ0v) is 23.7. The fourth-order valence-electron chi connectivity index (χ4n) is 7.10. The molecule has 0 aliphatic heterocycles. The van der Waals surface area contributed by atoms with Crippen LogP contribution in [0.15, 0.2) is 35.5 Å². The van der Waals surface area contributed by atoms with Gasteiger partial charge in [0.05, 0.1) is 19.1 Å². The van der Waals surface area contributed by atoms with Gasteiger partial charge in [0.2, 0.25) is 0 Å². The lowest BCUT2D eigenvalue weighted by Crippen LogP contribution is -2.45. The molecule has 0 radical (unpaired) electrons. The summed E-state index contributed by atoms with van der Waals surface area (Å²) in [6, 6.07) is 0. The van der Waals surface area contributed by atoms with Crippen LogP contribution in [-0.4, -0.2) is 56.9 Å². The molecule has 6 heteroatoms. The summed E-state index contributed by atoms with van der Waals surface area (Å²) >= 11 is 0. The average Bonchev–Trinajstić information content (AvgIpc) is 3.24. The lowest BCUT2D eigenvalue weighted by Gasteiger charge is -2.44. The number of carbonyl (C=O) groups is 1. The first kappa shape index (κ1) is 30.6. The van der Waals surface area contributed by atoms with E-state index in [0.717, 1.165) is 31.3 Å². The molecule has 0 heterocycles. The molecule has 3 aliphatic rings. The number of fused-ring (bicyclic) bond motifs is 1. The smallest absolute Gasteiger partial charge is 0.305 e. The summed E-state index contributed by atoms with van der Waals surface area (Å²) in [6.07, 6.45) is 9.38. The van der Waals surface area contributed by atoms with E-state index in [0.29, 0.717) is 42.6 Å². The van der Waals surface area contributed by atoms with Crippen LogP contribution in [0.4, 0.5) is 0 Å². The molecular weight excluding hydrogens is 480 g/mol. The number of aliphatic hydroxyl groups is 3. The van der Waals surface area contributed by atoms with Crippen molar-refractivity contribution >= 4 is 5.97 Å². The Morgan fingerprint density at radius 3 is 2.63 bits per heavy atom. The second-order valence-corrected chi connectivity index (χ2v) is 12.0. The van der Waals surface area contributed by atoms with Gasteiger partial charge in [-0.3, -0.25) is 4.79 Å². The molecule has 212 valence electrons. The molecule has 3 aliphatic carbocycles. The first-order valence-electron chi connectivity index (χ1n) is 14.5. The minimum atomic E-state index is -1.07. The minimum Gasteiger partial charge on any atom is -0.481 e. The Hall–Kier alpha value is -1.91. The fourth-order valence-corrected chi connectivity index (χ4v) is 7.10. The average molecular weight is 529 g/mol. The number of aliphatic carboxylic acids is 1. The third-order valence-corrected chi connectivity index (χ3v) is 9.65. The maximum Gasteiger partial charge on any atom is 0.305 e. The molecule has 38 heavy (non-hydrogen) atoms. The predicted molar refractivity (Wildman–Crippen MR) is 149 cm³/mol. The van der Waals surface area contributed by atoms with E-state index in [2.05, 4.69) is 38.3 Å². The Morgan fingerprint density at radius 1 is 1.26 bits per heavy atom. The number of carboxylic acid groups (broad SMARTS) is 1. The monoisotopic (exact) mass is 528 g/mol. The minimum absolute atomic E-state index is 0.0615. The van der Waals surface area contributed by atoms with E-state index >= 15 is 0 Å². The molecule has 7 atom stereocenters. The van der Waals surface area contributed by atoms with Gasteiger partial charge in [0.15, 0.2) is 0 Å². The van der Waals surface area contributed by atoms with Crippen molar-refractivity contribution in [3.8, 4) is 11.8 Å². The van der Waals surface area contributed by atoms with Crippen molar-refractivity contribution in [2.24, 2.45) is 23.2 Å². The van der Waals surface area contributed by atoms with E-state index in [1.54, 1.807) is 0 Å². The highest BCUT2D eigenvalue weighted by Gasteiger charge is 2.50. The highest BCUT2D eigenvalue weighted by atomic mass is 16.5.